The predicted molar refractivity (Wildman–Crippen MR) is 105 cm³/mol. The molecule has 11 heteroatoms. The van der Waals surface area contributed by atoms with Gasteiger partial charge >= 0.3 is 0 Å². The minimum atomic E-state index is -1.72. The zero-order valence-electron chi connectivity index (χ0n) is 16.6. The number of hydrogen-bond acceptors (Lipinski definition) is 11. The van der Waals surface area contributed by atoms with E-state index in [9.17, 15) is 46.0 Å². The first-order valence-electron chi connectivity index (χ1n) is 9.88. The van der Waals surface area contributed by atoms with Gasteiger partial charge in [0.15, 0.2) is 11.5 Å². The fourth-order valence-electron chi connectivity index (χ4n) is 4.17. The minimum absolute atomic E-state index is 0.0986. The van der Waals surface area contributed by atoms with Crippen LogP contribution in [0.15, 0.2) is 24.3 Å². The number of aromatic hydroxyl groups is 4. The van der Waals surface area contributed by atoms with E-state index in [0.29, 0.717) is 0 Å². The monoisotopic (exact) mass is 452 g/mol. The molecular formula is C21H24O11. The van der Waals surface area contributed by atoms with Crippen molar-refractivity contribution in [1.29, 1.82) is 0 Å². The Labute approximate surface area is 181 Å². The molecule has 174 valence electrons. The second-order valence-electron chi connectivity index (χ2n) is 7.94. The molecule has 0 aliphatic carbocycles. The number of rotatable bonds is 3. The van der Waals surface area contributed by atoms with Crippen LogP contribution in [-0.4, -0.2) is 83.1 Å². The first-order valence-corrected chi connectivity index (χ1v) is 9.88. The molecule has 7 atom stereocenters. The molecule has 2 aromatic rings. The number of hydrogen-bond donors (Lipinski definition) is 9. The lowest BCUT2D eigenvalue weighted by Crippen LogP contribution is -2.55. The Morgan fingerprint density at radius 3 is 2.16 bits per heavy atom. The van der Waals surface area contributed by atoms with Gasteiger partial charge in [0.1, 0.15) is 53.9 Å². The third-order valence-electron chi connectivity index (χ3n) is 5.89. The minimum Gasteiger partial charge on any atom is -0.507 e. The van der Waals surface area contributed by atoms with Crippen LogP contribution in [0.4, 0.5) is 0 Å². The Hall–Kier alpha value is -2.80. The van der Waals surface area contributed by atoms with Crippen LogP contribution < -0.4 is 4.74 Å². The molecule has 2 aromatic carbocycles. The molecule has 11 nitrogen and oxygen atoms in total. The Kier molecular flexibility index (Phi) is 5.79. The largest absolute Gasteiger partial charge is 0.507 e. The lowest BCUT2D eigenvalue weighted by Gasteiger charge is -2.42. The van der Waals surface area contributed by atoms with Crippen LogP contribution >= 0.6 is 0 Å². The van der Waals surface area contributed by atoms with Gasteiger partial charge < -0.3 is 55.4 Å². The van der Waals surface area contributed by atoms with E-state index in [1.165, 1.54) is 18.2 Å². The number of phenolic OH excluding ortho intramolecular Hbond substituents is 4. The van der Waals surface area contributed by atoms with Crippen molar-refractivity contribution < 1.29 is 55.4 Å². The second-order valence-corrected chi connectivity index (χ2v) is 7.94. The SMILES string of the molecule is OC[C@H]1O[C@H](c2c(O)cc(O)c3c2O[C@H](c2ccc(O)c(O)c2)[C@@H](O)C3)[C@H](O)[C@@H](O)[C@@H]1O. The van der Waals surface area contributed by atoms with Crippen LogP contribution in [0.5, 0.6) is 28.7 Å². The van der Waals surface area contributed by atoms with E-state index in [1.807, 2.05) is 0 Å². The first-order chi connectivity index (χ1) is 15.1. The quantitative estimate of drug-likeness (QED) is 0.260. The van der Waals surface area contributed by atoms with Gasteiger partial charge in [0.25, 0.3) is 0 Å². The molecule has 0 amide bonds. The van der Waals surface area contributed by atoms with Crippen LogP contribution in [0, 0.1) is 0 Å². The predicted octanol–water partition coefficient (Wildman–Crippen LogP) is -0.939. The number of phenols is 4. The maximum atomic E-state index is 10.6. The van der Waals surface area contributed by atoms with Crippen LogP contribution in [0.25, 0.3) is 0 Å². The molecule has 0 bridgehead atoms. The third-order valence-corrected chi connectivity index (χ3v) is 5.89. The molecule has 2 aliphatic heterocycles. The maximum absolute atomic E-state index is 10.6. The fraction of sp³-hybridized carbons (Fsp3) is 0.429. The Morgan fingerprint density at radius 2 is 1.50 bits per heavy atom. The summed E-state index contributed by atoms with van der Waals surface area (Å²) in [5.41, 5.74) is 0.220. The molecule has 0 aromatic heterocycles. The topological polar surface area (TPSA) is 201 Å². The van der Waals surface area contributed by atoms with Crippen molar-refractivity contribution in [3.8, 4) is 28.7 Å². The van der Waals surface area contributed by atoms with Gasteiger partial charge in [0, 0.05) is 18.1 Å². The van der Waals surface area contributed by atoms with E-state index in [4.69, 9.17) is 9.47 Å². The van der Waals surface area contributed by atoms with E-state index < -0.39 is 66.6 Å². The molecule has 32 heavy (non-hydrogen) atoms. The van der Waals surface area contributed by atoms with Gasteiger partial charge in [-0.15, -0.1) is 0 Å². The van der Waals surface area contributed by atoms with E-state index >= 15 is 0 Å². The van der Waals surface area contributed by atoms with Crippen LogP contribution in [0.2, 0.25) is 0 Å². The number of fused-ring (bicyclic) bond motifs is 1. The summed E-state index contributed by atoms with van der Waals surface area (Å²) in [5.74, 6) is -1.89. The van der Waals surface area contributed by atoms with Crippen LogP contribution in [-0.2, 0) is 11.2 Å². The van der Waals surface area contributed by atoms with Crippen molar-refractivity contribution in [1.82, 2.24) is 0 Å². The fourth-order valence-corrected chi connectivity index (χ4v) is 4.17. The number of benzene rings is 2. The molecular weight excluding hydrogens is 428 g/mol. The van der Waals surface area contributed by atoms with Crippen molar-refractivity contribution in [2.24, 2.45) is 0 Å². The average molecular weight is 452 g/mol. The smallest absolute Gasteiger partial charge is 0.157 e. The molecule has 2 aliphatic rings. The molecule has 4 rings (SSSR count). The Bertz CT molecular complexity index is 1010. The maximum Gasteiger partial charge on any atom is 0.157 e. The van der Waals surface area contributed by atoms with E-state index in [1.54, 1.807) is 0 Å². The zero-order chi connectivity index (χ0) is 23.3. The van der Waals surface area contributed by atoms with Gasteiger partial charge in [0.2, 0.25) is 0 Å². The Morgan fingerprint density at radius 1 is 0.781 bits per heavy atom. The number of aliphatic hydroxyl groups is 5. The average Bonchev–Trinajstić information content (AvgIpc) is 2.75. The van der Waals surface area contributed by atoms with Crippen molar-refractivity contribution in [3.05, 3.63) is 41.0 Å². The molecule has 2 heterocycles. The van der Waals surface area contributed by atoms with Crippen molar-refractivity contribution in [2.75, 3.05) is 6.61 Å². The molecule has 0 saturated carbocycles. The van der Waals surface area contributed by atoms with Crippen LogP contribution in [0.1, 0.15) is 28.9 Å². The molecule has 0 unspecified atom stereocenters. The normalized spacial score (nSPS) is 32.2. The summed E-state index contributed by atoms with van der Waals surface area (Å²) in [6.07, 6.45) is -10.2. The highest BCUT2D eigenvalue weighted by Gasteiger charge is 2.47. The van der Waals surface area contributed by atoms with Gasteiger partial charge in [-0.25, -0.2) is 0 Å². The van der Waals surface area contributed by atoms with Gasteiger partial charge in [-0.05, 0) is 17.7 Å². The highest BCUT2D eigenvalue weighted by molar-refractivity contribution is 5.59. The molecule has 0 radical (unpaired) electrons. The van der Waals surface area contributed by atoms with E-state index in [2.05, 4.69) is 0 Å². The summed E-state index contributed by atoms with van der Waals surface area (Å²) in [7, 11) is 0. The molecule has 0 spiro atoms. The van der Waals surface area contributed by atoms with E-state index in [0.717, 1.165) is 6.07 Å². The van der Waals surface area contributed by atoms with Crippen molar-refractivity contribution >= 4 is 0 Å². The van der Waals surface area contributed by atoms with Crippen molar-refractivity contribution in [2.45, 2.75) is 49.1 Å². The summed E-state index contributed by atoms with van der Waals surface area (Å²) >= 11 is 0. The third kappa shape index (κ3) is 3.58. The highest BCUT2D eigenvalue weighted by Crippen LogP contribution is 2.50. The van der Waals surface area contributed by atoms with Gasteiger partial charge in [0.05, 0.1) is 18.3 Å². The highest BCUT2D eigenvalue weighted by atomic mass is 16.5. The standard InChI is InChI=1S/C21H24O11/c22-6-14-16(28)17(29)18(30)21(31-14)15-12(26)5-10(24)8-4-13(27)19(32-20(8)15)7-1-2-9(23)11(25)3-7/h1-3,5,13-14,16-19,21-30H,4,6H2/t13-,14+,16+,17-,18+,19+,21+/m0/s1. The van der Waals surface area contributed by atoms with Crippen molar-refractivity contribution in [3.63, 3.8) is 0 Å². The number of ether oxygens (including phenoxy) is 2. The summed E-state index contributed by atoms with van der Waals surface area (Å²) in [6, 6.07) is 4.77. The van der Waals surface area contributed by atoms with Crippen LogP contribution in [0.3, 0.4) is 0 Å². The second kappa shape index (κ2) is 8.28. The molecule has 9 N–H and O–H groups in total. The number of aliphatic hydroxyl groups excluding tert-OH is 5. The molecule has 1 saturated heterocycles. The Balaban J connectivity index is 1.80. The summed E-state index contributed by atoms with van der Waals surface area (Å²) in [5, 5.41) is 91.0. The van der Waals surface area contributed by atoms with Gasteiger partial charge in [-0.3, -0.25) is 0 Å². The lowest BCUT2D eigenvalue weighted by molar-refractivity contribution is -0.232. The lowest BCUT2D eigenvalue weighted by atomic mass is 9.86. The molecule has 1 fully saturated rings. The summed E-state index contributed by atoms with van der Waals surface area (Å²) in [6.45, 7) is -0.683. The summed E-state index contributed by atoms with van der Waals surface area (Å²) in [4.78, 5) is 0. The van der Waals surface area contributed by atoms with Gasteiger partial charge in [-0.2, -0.15) is 0 Å². The van der Waals surface area contributed by atoms with Gasteiger partial charge in [-0.1, -0.05) is 6.07 Å². The zero-order valence-corrected chi connectivity index (χ0v) is 16.6. The first kappa shape index (κ1) is 22.4. The van der Waals surface area contributed by atoms with E-state index in [-0.39, 0.29) is 34.6 Å². The summed E-state index contributed by atoms with van der Waals surface area (Å²) < 4.78 is 11.4.